The summed E-state index contributed by atoms with van der Waals surface area (Å²) >= 11 is 0. The number of carbonyl (C=O) groups is 1. The molecule has 0 N–H and O–H groups in total. The Labute approximate surface area is 142 Å². The fourth-order valence-electron chi connectivity index (χ4n) is 2.35. The largest absolute Gasteiger partial charge is 0.465 e. The molecule has 25 heavy (non-hydrogen) atoms. The maximum Gasteiger partial charge on any atom is 0.343 e. The summed E-state index contributed by atoms with van der Waals surface area (Å²) in [5.74, 6) is -0.758. The summed E-state index contributed by atoms with van der Waals surface area (Å²) in [5.41, 5.74) is 1.21. The van der Waals surface area contributed by atoms with E-state index in [1.807, 2.05) is 0 Å². The molecule has 0 aliphatic rings. The average molecular weight is 342 g/mol. The topological polar surface area (TPSA) is 79.0 Å². The van der Waals surface area contributed by atoms with E-state index >= 15 is 0 Å². The Balaban J connectivity index is 2.21. The number of esters is 1. The number of hydrogen-bond donors (Lipinski definition) is 0. The zero-order valence-corrected chi connectivity index (χ0v) is 13.6. The second kappa shape index (κ2) is 6.68. The van der Waals surface area contributed by atoms with Gasteiger partial charge in [0.25, 0.3) is 5.56 Å². The number of hydrogen-bond acceptors (Lipinski definition) is 5. The van der Waals surface area contributed by atoms with Gasteiger partial charge in [-0.1, -0.05) is 24.3 Å². The van der Waals surface area contributed by atoms with E-state index in [-0.39, 0.29) is 5.56 Å². The van der Waals surface area contributed by atoms with Crippen LogP contribution in [-0.4, -0.2) is 32.6 Å². The molecular formula is C17H15FN4O3. The van der Waals surface area contributed by atoms with Crippen molar-refractivity contribution in [2.45, 2.75) is 6.67 Å². The van der Waals surface area contributed by atoms with Crippen LogP contribution in [-0.2, 0) is 18.5 Å². The molecule has 0 radical (unpaired) electrons. The Bertz CT molecular complexity index is 976. The molecule has 0 aliphatic heterocycles. The van der Waals surface area contributed by atoms with Gasteiger partial charge in [-0.15, -0.1) is 0 Å². The zero-order chi connectivity index (χ0) is 18.0. The molecule has 0 amide bonds. The fourth-order valence-corrected chi connectivity index (χ4v) is 2.35. The lowest BCUT2D eigenvalue weighted by Gasteiger charge is -2.09. The number of aryl methyl sites for hydroxylation is 1. The van der Waals surface area contributed by atoms with Crippen molar-refractivity contribution >= 4 is 5.97 Å². The third-order valence-electron chi connectivity index (χ3n) is 3.66. The number of carbonyl (C=O) groups excluding carboxylic acids is 1. The van der Waals surface area contributed by atoms with Crippen LogP contribution < -0.4 is 5.56 Å². The van der Waals surface area contributed by atoms with Gasteiger partial charge in [-0.25, -0.2) is 9.18 Å². The van der Waals surface area contributed by atoms with Crippen LogP contribution in [0.3, 0.4) is 0 Å². The Morgan fingerprint density at radius 2 is 2.00 bits per heavy atom. The third-order valence-corrected chi connectivity index (χ3v) is 3.66. The minimum absolute atomic E-state index is 0.147. The summed E-state index contributed by atoms with van der Waals surface area (Å²) < 4.78 is 20.0. The molecule has 7 nitrogen and oxygen atoms in total. The number of halogens is 1. The first-order valence-corrected chi connectivity index (χ1v) is 7.40. The average Bonchev–Trinajstić information content (AvgIpc) is 3.07. The first-order valence-electron chi connectivity index (χ1n) is 7.40. The van der Waals surface area contributed by atoms with Crippen LogP contribution >= 0.6 is 0 Å². The van der Waals surface area contributed by atoms with Crippen molar-refractivity contribution in [2.24, 2.45) is 7.05 Å². The lowest BCUT2D eigenvalue weighted by molar-refractivity contribution is 0.0598. The van der Waals surface area contributed by atoms with E-state index in [2.05, 4.69) is 10.2 Å². The standard InChI is InChI=1S/C17H15FN4O3/c1-21-10-13(9-19-21)22-16(23)14(17(24)25-2)7-15(20-22)12-5-3-11(8-18)4-6-12/h3-7,9-10H,8H2,1-2H3. The molecule has 2 heterocycles. The van der Waals surface area contributed by atoms with Crippen LogP contribution in [0.5, 0.6) is 0 Å². The Hall–Kier alpha value is -3.29. The van der Waals surface area contributed by atoms with Gasteiger partial charge >= 0.3 is 5.97 Å². The highest BCUT2D eigenvalue weighted by Crippen LogP contribution is 2.19. The smallest absolute Gasteiger partial charge is 0.343 e. The van der Waals surface area contributed by atoms with Gasteiger partial charge in [0, 0.05) is 12.6 Å². The van der Waals surface area contributed by atoms with Crippen LogP contribution in [0.2, 0.25) is 0 Å². The predicted molar refractivity (Wildman–Crippen MR) is 88.2 cm³/mol. The number of aromatic nitrogens is 4. The maximum absolute atomic E-state index is 12.7. The van der Waals surface area contributed by atoms with Crippen molar-refractivity contribution < 1.29 is 13.9 Å². The first kappa shape index (κ1) is 16.6. The maximum atomic E-state index is 12.7. The van der Waals surface area contributed by atoms with E-state index in [9.17, 15) is 14.0 Å². The number of rotatable bonds is 4. The van der Waals surface area contributed by atoms with Gasteiger partial charge in [-0.05, 0) is 11.6 Å². The summed E-state index contributed by atoms with van der Waals surface area (Å²) in [4.78, 5) is 24.5. The number of ether oxygens (including phenoxy) is 1. The summed E-state index contributed by atoms with van der Waals surface area (Å²) in [5, 5.41) is 8.32. The van der Waals surface area contributed by atoms with Crippen molar-refractivity contribution in [3.05, 3.63) is 64.2 Å². The highest BCUT2D eigenvalue weighted by Gasteiger charge is 2.18. The van der Waals surface area contributed by atoms with Crippen molar-refractivity contribution in [3.63, 3.8) is 0 Å². The minimum Gasteiger partial charge on any atom is -0.465 e. The van der Waals surface area contributed by atoms with Crippen LogP contribution in [0.25, 0.3) is 16.9 Å². The van der Waals surface area contributed by atoms with Gasteiger partial charge in [-0.2, -0.15) is 14.9 Å². The highest BCUT2D eigenvalue weighted by atomic mass is 19.1. The number of methoxy groups -OCH3 is 1. The van der Waals surface area contributed by atoms with Crippen LogP contribution in [0.15, 0.2) is 47.5 Å². The van der Waals surface area contributed by atoms with Crippen molar-refractivity contribution in [2.75, 3.05) is 7.11 Å². The van der Waals surface area contributed by atoms with Gasteiger partial charge in [0.15, 0.2) is 0 Å². The van der Waals surface area contributed by atoms with Gasteiger partial charge in [0.1, 0.15) is 17.9 Å². The molecule has 0 spiro atoms. The third kappa shape index (κ3) is 3.18. The second-order valence-electron chi connectivity index (χ2n) is 5.35. The summed E-state index contributed by atoms with van der Waals surface area (Å²) in [7, 11) is 2.90. The van der Waals surface area contributed by atoms with Gasteiger partial charge < -0.3 is 4.74 Å². The number of nitrogens with zero attached hydrogens (tertiary/aromatic N) is 4. The Morgan fingerprint density at radius 3 is 2.56 bits per heavy atom. The van der Waals surface area contributed by atoms with Crippen molar-refractivity contribution in [1.82, 2.24) is 19.6 Å². The van der Waals surface area contributed by atoms with E-state index in [1.54, 1.807) is 37.5 Å². The zero-order valence-electron chi connectivity index (χ0n) is 13.6. The van der Waals surface area contributed by atoms with Crippen LogP contribution in [0.1, 0.15) is 15.9 Å². The second-order valence-corrected chi connectivity index (χ2v) is 5.35. The van der Waals surface area contributed by atoms with E-state index in [0.29, 0.717) is 22.5 Å². The highest BCUT2D eigenvalue weighted by molar-refractivity contribution is 5.90. The summed E-state index contributed by atoms with van der Waals surface area (Å²) in [6.45, 7) is -0.573. The molecule has 3 rings (SSSR count). The van der Waals surface area contributed by atoms with Crippen molar-refractivity contribution in [1.29, 1.82) is 0 Å². The summed E-state index contributed by atoms with van der Waals surface area (Å²) in [6, 6.07) is 7.96. The van der Waals surface area contributed by atoms with E-state index < -0.39 is 18.2 Å². The molecule has 0 bridgehead atoms. The molecule has 3 aromatic rings. The molecule has 0 saturated heterocycles. The van der Waals surface area contributed by atoms with E-state index in [1.165, 1.54) is 24.1 Å². The van der Waals surface area contributed by atoms with E-state index in [0.717, 1.165) is 4.68 Å². The quantitative estimate of drug-likeness (QED) is 0.677. The molecule has 2 aromatic heterocycles. The monoisotopic (exact) mass is 342 g/mol. The van der Waals surface area contributed by atoms with Gasteiger partial charge in [-0.3, -0.25) is 9.48 Å². The lowest BCUT2D eigenvalue weighted by atomic mass is 10.1. The van der Waals surface area contributed by atoms with E-state index in [4.69, 9.17) is 4.74 Å². The minimum atomic E-state index is -0.758. The lowest BCUT2D eigenvalue weighted by Crippen LogP contribution is -2.28. The predicted octanol–water partition coefficient (Wildman–Crippen LogP) is 1.89. The number of benzene rings is 1. The molecular weight excluding hydrogens is 327 g/mol. The summed E-state index contributed by atoms with van der Waals surface area (Å²) in [6.07, 6.45) is 3.07. The SMILES string of the molecule is COC(=O)c1cc(-c2ccc(CF)cc2)nn(-c2cnn(C)c2)c1=O. The van der Waals surface area contributed by atoms with Crippen molar-refractivity contribution in [3.8, 4) is 16.9 Å². The number of alkyl halides is 1. The molecule has 0 atom stereocenters. The Morgan fingerprint density at radius 1 is 1.28 bits per heavy atom. The molecule has 0 aliphatic carbocycles. The fraction of sp³-hybridized carbons (Fsp3) is 0.176. The molecule has 128 valence electrons. The van der Waals surface area contributed by atoms with Gasteiger partial charge in [0.05, 0.1) is 25.2 Å². The van der Waals surface area contributed by atoms with Crippen LogP contribution in [0.4, 0.5) is 4.39 Å². The molecule has 0 saturated carbocycles. The molecule has 8 heteroatoms. The molecule has 0 unspecified atom stereocenters. The Kier molecular flexibility index (Phi) is 4.42. The first-order chi connectivity index (χ1) is 12.0. The molecule has 0 fully saturated rings. The molecule has 1 aromatic carbocycles. The van der Waals surface area contributed by atoms with Crippen LogP contribution in [0, 0.1) is 0 Å². The normalized spacial score (nSPS) is 10.7. The van der Waals surface area contributed by atoms with Gasteiger partial charge in [0.2, 0.25) is 0 Å².